The monoisotopic (exact) mass is 451 g/mol. The van der Waals surface area contributed by atoms with Crippen molar-refractivity contribution in [2.45, 2.75) is 13.8 Å². The van der Waals surface area contributed by atoms with E-state index in [0.29, 0.717) is 5.58 Å². The summed E-state index contributed by atoms with van der Waals surface area (Å²) in [6.07, 6.45) is 1.63. The lowest BCUT2D eigenvalue weighted by atomic mass is 10.2. The number of carbonyl (C=O) groups is 1. The highest BCUT2D eigenvalue weighted by molar-refractivity contribution is 9.11. The number of carbonyl (C=O) groups excluding carboxylic acids is 1. The Morgan fingerprint density at radius 1 is 1.25 bits per heavy atom. The third-order valence-corrected chi connectivity index (χ3v) is 4.99. The summed E-state index contributed by atoms with van der Waals surface area (Å²) in [7, 11) is 1.99. The molecule has 0 spiro atoms. The number of hydrogen-bond donors (Lipinski definition) is 1. The molecule has 3 rings (SSSR count). The fourth-order valence-corrected chi connectivity index (χ4v) is 3.76. The molecule has 0 aliphatic heterocycles. The van der Waals surface area contributed by atoms with Gasteiger partial charge in [-0.3, -0.25) is 4.79 Å². The summed E-state index contributed by atoms with van der Waals surface area (Å²) in [5.74, 6) is -0.183. The van der Waals surface area contributed by atoms with Crippen LogP contribution in [0.25, 0.3) is 11.0 Å². The molecule has 0 atom stereocenters. The van der Waals surface area contributed by atoms with Crippen LogP contribution in [0.3, 0.4) is 0 Å². The van der Waals surface area contributed by atoms with E-state index in [4.69, 9.17) is 4.42 Å². The average molecular weight is 453 g/mol. The van der Waals surface area contributed by atoms with E-state index in [-0.39, 0.29) is 5.76 Å². The van der Waals surface area contributed by atoms with Gasteiger partial charge in [0, 0.05) is 33.9 Å². The minimum atomic E-state index is -0.393. The molecule has 1 N–H and O–H groups in total. The van der Waals surface area contributed by atoms with Crippen LogP contribution in [-0.4, -0.2) is 16.7 Å². The lowest BCUT2D eigenvalue weighted by molar-refractivity contribution is 0.0929. The van der Waals surface area contributed by atoms with Gasteiger partial charge in [-0.05, 0) is 54.0 Å². The fraction of sp³-hybridized carbons (Fsp3) is 0.176. The van der Waals surface area contributed by atoms with E-state index in [1.54, 1.807) is 12.3 Å². The zero-order valence-corrected chi connectivity index (χ0v) is 16.5. The first-order valence-corrected chi connectivity index (χ1v) is 8.80. The van der Waals surface area contributed by atoms with Crippen LogP contribution in [0.15, 0.2) is 42.7 Å². The highest BCUT2D eigenvalue weighted by atomic mass is 79.9. The lowest BCUT2D eigenvalue weighted by Gasteiger charge is -1.99. The Morgan fingerprint density at radius 2 is 2.00 bits per heavy atom. The van der Waals surface area contributed by atoms with Crippen LogP contribution in [0, 0.1) is 13.8 Å². The summed E-state index contributed by atoms with van der Waals surface area (Å²) < 4.78 is 9.36. The van der Waals surface area contributed by atoms with Crippen LogP contribution in [0.2, 0.25) is 0 Å². The van der Waals surface area contributed by atoms with Gasteiger partial charge in [-0.1, -0.05) is 15.9 Å². The maximum atomic E-state index is 12.2. The number of benzene rings is 1. The number of nitrogens with one attached hydrogen (secondary N) is 1. The number of furan rings is 1. The molecule has 5 nitrogen and oxygen atoms in total. The summed E-state index contributed by atoms with van der Waals surface area (Å²) in [5.41, 5.74) is 6.31. The normalized spacial score (nSPS) is 11.5. The minimum Gasteiger partial charge on any atom is -0.450 e. The van der Waals surface area contributed by atoms with Crippen LogP contribution in [0.1, 0.15) is 27.5 Å². The Balaban J connectivity index is 1.79. The zero-order valence-electron chi connectivity index (χ0n) is 13.4. The minimum absolute atomic E-state index is 0.210. The van der Waals surface area contributed by atoms with Gasteiger partial charge in [0.1, 0.15) is 5.58 Å². The van der Waals surface area contributed by atoms with Crippen molar-refractivity contribution in [3.05, 3.63) is 55.9 Å². The molecule has 0 saturated carbocycles. The molecule has 124 valence electrons. The number of aromatic nitrogens is 1. The van der Waals surface area contributed by atoms with Crippen molar-refractivity contribution in [3.8, 4) is 0 Å². The Morgan fingerprint density at radius 3 is 2.67 bits per heavy atom. The maximum Gasteiger partial charge on any atom is 0.307 e. The molecule has 24 heavy (non-hydrogen) atoms. The van der Waals surface area contributed by atoms with Crippen LogP contribution in [-0.2, 0) is 7.05 Å². The third kappa shape index (κ3) is 3.18. The molecule has 2 aromatic heterocycles. The van der Waals surface area contributed by atoms with E-state index in [9.17, 15) is 4.79 Å². The fourth-order valence-electron chi connectivity index (χ4n) is 2.42. The molecule has 3 aromatic rings. The summed E-state index contributed by atoms with van der Waals surface area (Å²) in [4.78, 5) is 12.2. The van der Waals surface area contributed by atoms with E-state index in [1.165, 1.54) is 0 Å². The number of hydrazone groups is 1. The van der Waals surface area contributed by atoms with Crippen LogP contribution >= 0.6 is 31.9 Å². The van der Waals surface area contributed by atoms with Crippen molar-refractivity contribution in [3.63, 3.8) is 0 Å². The van der Waals surface area contributed by atoms with Gasteiger partial charge in [-0.25, -0.2) is 5.43 Å². The third-order valence-electron chi connectivity index (χ3n) is 3.94. The Kier molecular flexibility index (Phi) is 4.64. The molecule has 2 heterocycles. The number of nitrogens with zero attached hydrogens (tertiary/aromatic N) is 2. The van der Waals surface area contributed by atoms with Gasteiger partial charge >= 0.3 is 5.91 Å². The predicted molar refractivity (Wildman–Crippen MR) is 102 cm³/mol. The number of fused-ring (bicyclic) bond motifs is 1. The first-order chi connectivity index (χ1) is 11.4. The molecular formula is C17H15Br2N3O2. The molecule has 0 bridgehead atoms. The molecule has 0 saturated heterocycles. The van der Waals surface area contributed by atoms with E-state index in [1.807, 2.05) is 39.1 Å². The van der Waals surface area contributed by atoms with Crippen molar-refractivity contribution in [1.29, 1.82) is 0 Å². The van der Waals surface area contributed by atoms with Crippen molar-refractivity contribution < 1.29 is 9.21 Å². The smallest absolute Gasteiger partial charge is 0.307 e. The van der Waals surface area contributed by atoms with Gasteiger partial charge in [0.05, 0.1) is 10.7 Å². The van der Waals surface area contributed by atoms with Gasteiger partial charge in [0.25, 0.3) is 0 Å². The topological polar surface area (TPSA) is 59.5 Å². The highest BCUT2D eigenvalue weighted by Gasteiger charge is 2.14. The van der Waals surface area contributed by atoms with Crippen molar-refractivity contribution in [2.24, 2.45) is 12.1 Å². The number of aryl methyl sites for hydroxylation is 1. The van der Waals surface area contributed by atoms with E-state index in [0.717, 1.165) is 31.3 Å². The number of rotatable bonds is 3. The van der Waals surface area contributed by atoms with Crippen LogP contribution in [0.5, 0.6) is 0 Å². The molecule has 0 radical (unpaired) electrons. The molecule has 0 unspecified atom stereocenters. The first-order valence-electron chi connectivity index (χ1n) is 7.21. The van der Waals surface area contributed by atoms with Crippen molar-refractivity contribution >= 4 is 55.0 Å². The molecule has 0 fully saturated rings. The summed E-state index contributed by atoms with van der Waals surface area (Å²) in [6.45, 7) is 4.03. The first kappa shape index (κ1) is 17.0. The molecular weight excluding hydrogens is 438 g/mol. The SMILES string of the molecule is Cc1cc(/C=N\NC(=O)c2cc3cc(Br)cc(Br)c3o2)c(C)n1C. The van der Waals surface area contributed by atoms with Gasteiger partial charge < -0.3 is 8.98 Å². The number of halogens is 2. The molecule has 1 amide bonds. The second kappa shape index (κ2) is 6.57. The Labute approximate surface area is 156 Å². The Bertz CT molecular complexity index is 970. The van der Waals surface area contributed by atoms with Crippen LogP contribution in [0.4, 0.5) is 0 Å². The van der Waals surface area contributed by atoms with Gasteiger partial charge in [0.2, 0.25) is 0 Å². The van der Waals surface area contributed by atoms with Crippen LogP contribution < -0.4 is 5.43 Å². The van der Waals surface area contributed by atoms with E-state index >= 15 is 0 Å². The lowest BCUT2D eigenvalue weighted by Crippen LogP contribution is -2.16. The highest BCUT2D eigenvalue weighted by Crippen LogP contribution is 2.30. The van der Waals surface area contributed by atoms with E-state index in [2.05, 4.69) is 47.0 Å². The summed E-state index contributed by atoms with van der Waals surface area (Å²) >= 11 is 6.84. The van der Waals surface area contributed by atoms with Crippen molar-refractivity contribution in [1.82, 2.24) is 9.99 Å². The van der Waals surface area contributed by atoms with Gasteiger partial charge in [0.15, 0.2) is 5.76 Å². The largest absolute Gasteiger partial charge is 0.450 e. The van der Waals surface area contributed by atoms with Gasteiger partial charge in [-0.15, -0.1) is 0 Å². The second-order valence-corrected chi connectivity index (χ2v) is 7.27. The van der Waals surface area contributed by atoms with Gasteiger partial charge in [-0.2, -0.15) is 5.10 Å². The molecule has 7 heteroatoms. The van der Waals surface area contributed by atoms with E-state index < -0.39 is 5.91 Å². The predicted octanol–water partition coefficient (Wildman–Crippen LogP) is 4.68. The quantitative estimate of drug-likeness (QED) is 0.463. The number of amides is 1. The molecule has 0 aliphatic rings. The number of hydrogen-bond acceptors (Lipinski definition) is 3. The Hall–Kier alpha value is -1.86. The zero-order chi connectivity index (χ0) is 17.4. The van der Waals surface area contributed by atoms with Crippen molar-refractivity contribution in [2.75, 3.05) is 0 Å². The second-order valence-electron chi connectivity index (χ2n) is 5.50. The average Bonchev–Trinajstić information content (AvgIpc) is 3.05. The standard InChI is InChI=1S/C17H15Br2N3O2/c1-9-4-12(10(2)22(9)3)8-20-21-17(23)15-6-11-5-13(18)7-14(19)16(11)24-15/h4-8H,1-3H3,(H,21,23)/b20-8-. The molecule has 1 aromatic carbocycles. The summed E-state index contributed by atoms with van der Waals surface area (Å²) in [6, 6.07) is 7.46. The molecule has 0 aliphatic carbocycles. The summed E-state index contributed by atoms with van der Waals surface area (Å²) in [5, 5.41) is 4.86. The maximum absolute atomic E-state index is 12.2.